The second-order valence-corrected chi connectivity index (χ2v) is 5.47. The molecule has 0 aromatic heterocycles. The van der Waals surface area contributed by atoms with Crippen LogP contribution in [-0.4, -0.2) is 17.4 Å². The van der Waals surface area contributed by atoms with E-state index >= 15 is 0 Å². The molecule has 116 valence electrons. The number of nitro benzene ring substituents is 1. The minimum absolute atomic E-state index is 0.154. The summed E-state index contributed by atoms with van der Waals surface area (Å²) in [6.45, 7) is 4.19. The van der Waals surface area contributed by atoms with Gasteiger partial charge in [0.05, 0.1) is 17.4 Å². The predicted molar refractivity (Wildman–Crippen MR) is 78.1 cm³/mol. The van der Waals surface area contributed by atoms with Crippen LogP contribution in [0.5, 0.6) is 5.75 Å². The maximum atomic E-state index is 13.4. The van der Waals surface area contributed by atoms with Gasteiger partial charge in [0.2, 0.25) is 5.82 Å². The number of nitrogens with two attached hydrogens (primary N) is 1. The highest BCUT2D eigenvalue weighted by Crippen LogP contribution is 2.24. The topological polar surface area (TPSA) is 102 Å². The van der Waals surface area contributed by atoms with Gasteiger partial charge in [0, 0.05) is 17.5 Å². The van der Waals surface area contributed by atoms with Crippen LogP contribution in [0.3, 0.4) is 0 Å². The average molecular weight is 297 g/mol. The van der Waals surface area contributed by atoms with Crippen LogP contribution in [0.25, 0.3) is 0 Å². The Balaban J connectivity index is 2.39. The van der Waals surface area contributed by atoms with Gasteiger partial charge in [0.15, 0.2) is 0 Å². The number of hydrogen-bond donors (Lipinski definition) is 2. The summed E-state index contributed by atoms with van der Waals surface area (Å²) in [4.78, 5) is 9.70. The maximum Gasteiger partial charge on any atom is 0.305 e. The number of ether oxygens (including phenoxy) is 1. The first-order valence-corrected chi connectivity index (χ1v) is 6.65. The van der Waals surface area contributed by atoms with E-state index in [-0.39, 0.29) is 17.0 Å². The number of halogens is 1. The van der Waals surface area contributed by atoms with Crippen molar-refractivity contribution in [3.8, 4) is 5.75 Å². The van der Waals surface area contributed by atoms with E-state index in [9.17, 15) is 14.5 Å². The van der Waals surface area contributed by atoms with Gasteiger partial charge in [-0.25, -0.2) is 0 Å². The molecular weight excluding hydrogens is 277 g/mol. The molecule has 21 heavy (non-hydrogen) atoms. The number of nitro groups is 1. The number of rotatable bonds is 8. The van der Waals surface area contributed by atoms with Gasteiger partial charge in [0.1, 0.15) is 5.75 Å². The number of benzene rings is 1. The van der Waals surface area contributed by atoms with Gasteiger partial charge in [-0.05, 0) is 25.3 Å². The van der Waals surface area contributed by atoms with Gasteiger partial charge in [-0.2, -0.15) is 4.39 Å². The molecule has 0 aliphatic heterocycles. The molecular formula is C14H20FN3O3. The SMILES string of the molecule is CC(C)(CCCCOc1ccc([N+](=O)[O-])c(F)c1)C(=N)N. The summed E-state index contributed by atoms with van der Waals surface area (Å²) >= 11 is 0. The Bertz CT molecular complexity index is 532. The van der Waals surface area contributed by atoms with Crippen LogP contribution in [0.4, 0.5) is 10.1 Å². The third-order valence-corrected chi connectivity index (χ3v) is 3.31. The van der Waals surface area contributed by atoms with Crippen LogP contribution < -0.4 is 10.5 Å². The summed E-state index contributed by atoms with van der Waals surface area (Å²) in [5.41, 5.74) is 4.59. The molecule has 1 aromatic rings. The summed E-state index contributed by atoms with van der Waals surface area (Å²) in [6.07, 6.45) is 2.32. The highest BCUT2D eigenvalue weighted by atomic mass is 19.1. The fourth-order valence-electron chi connectivity index (χ4n) is 1.72. The van der Waals surface area contributed by atoms with E-state index in [0.29, 0.717) is 6.61 Å². The zero-order chi connectivity index (χ0) is 16.0. The monoisotopic (exact) mass is 297 g/mol. The molecule has 0 amide bonds. The van der Waals surface area contributed by atoms with E-state index in [0.717, 1.165) is 31.4 Å². The van der Waals surface area contributed by atoms with Crippen LogP contribution in [0.2, 0.25) is 0 Å². The van der Waals surface area contributed by atoms with Gasteiger partial charge in [-0.15, -0.1) is 0 Å². The summed E-state index contributed by atoms with van der Waals surface area (Å²) < 4.78 is 18.7. The molecule has 3 N–H and O–H groups in total. The Morgan fingerprint density at radius 2 is 2.14 bits per heavy atom. The molecule has 0 aliphatic carbocycles. The fourth-order valence-corrected chi connectivity index (χ4v) is 1.72. The van der Waals surface area contributed by atoms with Gasteiger partial charge in [-0.1, -0.05) is 13.8 Å². The summed E-state index contributed by atoms with van der Waals surface area (Å²) in [5.74, 6) is -0.486. The lowest BCUT2D eigenvalue weighted by Crippen LogP contribution is -2.30. The molecule has 0 spiro atoms. The summed E-state index contributed by atoms with van der Waals surface area (Å²) in [7, 11) is 0. The molecule has 0 heterocycles. The zero-order valence-corrected chi connectivity index (χ0v) is 12.2. The van der Waals surface area contributed by atoms with E-state index in [1.54, 1.807) is 0 Å². The van der Waals surface area contributed by atoms with E-state index < -0.39 is 16.4 Å². The van der Waals surface area contributed by atoms with E-state index in [4.69, 9.17) is 15.9 Å². The van der Waals surface area contributed by atoms with Crippen molar-refractivity contribution in [2.75, 3.05) is 6.61 Å². The second kappa shape index (κ2) is 7.01. The number of unbranched alkanes of at least 4 members (excludes halogenated alkanes) is 1. The van der Waals surface area contributed by atoms with Crippen molar-refractivity contribution < 1.29 is 14.1 Å². The Morgan fingerprint density at radius 3 is 2.67 bits per heavy atom. The highest BCUT2D eigenvalue weighted by Gasteiger charge is 2.20. The number of nitrogens with one attached hydrogen (secondary N) is 1. The summed E-state index contributed by atoms with van der Waals surface area (Å²) in [6, 6.07) is 3.47. The predicted octanol–water partition coefficient (Wildman–Crippen LogP) is 3.25. The third-order valence-electron chi connectivity index (χ3n) is 3.31. The Morgan fingerprint density at radius 1 is 1.48 bits per heavy atom. The molecule has 0 radical (unpaired) electrons. The lowest BCUT2D eigenvalue weighted by Gasteiger charge is -2.22. The molecule has 0 unspecified atom stereocenters. The molecule has 0 saturated heterocycles. The van der Waals surface area contributed by atoms with Crippen LogP contribution in [0.1, 0.15) is 33.1 Å². The van der Waals surface area contributed by atoms with Crippen LogP contribution in [0, 0.1) is 26.8 Å². The van der Waals surface area contributed by atoms with Crippen molar-refractivity contribution in [1.82, 2.24) is 0 Å². The lowest BCUT2D eigenvalue weighted by molar-refractivity contribution is -0.387. The lowest BCUT2D eigenvalue weighted by atomic mass is 9.86. The van der Waals surface area contributed by atoms with E-state index in [1.165, 1.54) is 6.07 Å². The molecule has 7 heteroatoms. The molecule has 0 bridgehead atoms. The minimum atomic E-state index is -0.907. The van der Waals surface area contributed by atoms with Gasteiger partial charge >= 0.3 is 5.69 Å². The van der Waals surface area contributed by atoms with Crippen molar-refractivity contribution in [2.45, 2.75) is 33.1 Å². The van der Waals surface area contributed by atoms with Gasteiger partial charge in [0.25, 0.3) is 0 Å². The first kappa shape index (κ1) is 16.9. The Hall–Kier alpha value is -2.18. The van der Waals surface area contributed by atoms with Gasteiger partial charge < -0.3 is 10.5 Å². The fraction of sp³-hybridized carbons (Fsp3) is 0.500. The van der Waals surface area contributed by atoms with Crippen molar-refractivity contribution in [3.63, 3.8) is 0 Å². The quantitative estimate of drug-likeness (QED) is 0.253. The zero-order valence-electron chi connectivity index (χ0n) is 12.2. The molecule has 0 saturated carbocycles. The largest absolute Gasteiger partial charge is 0.493 e. The van der Waals surface area contributed by atoms with Crippen molar-refractivity contribution in [1.29, 1.82) is 5.41 Å². The molecule has 0 aliphatic rings. The average Bonchev–Trinajstić information content (AvgIpc) is 2.37. The van der Waals surface area contributed by atoms with Crippen LogP contribution in [-0.2, 0) is 0 Å². The normalized spacial score (nSPS) is 11.2. The first-order valence-electron chi connectivity index (χ1n) is 6.65. The van der Waals surface area contributed by atoms with E-state index in [2.05, 4.69) is 0 Å². The Kier molecular flexibility index (Phi) is 5.63. The minimum Gasteiger partial charge on any atom is -0.493 e. The molecule has 0 atom stereocenters. The van der Waals surface area contributed by atoms with Crippen LogP contribution >= 0.6 is 0 Å². The number of nitrogens with zero attached hydrogens (tertiary/aromatic N) is 1. The molecule has 1 rings (SSSR count). The standard InChI is InChI=1S/C14H20FN3O3/c1-14(2,13(16)17)7-3-4-8-21-10-5-6-12(18(19)20)11(15)9-10/h5-6,9H,3-4,7-8H2,1-2H3,(H3,16,17). The number of hydrogen-bond acceptors (Lipinski definition) is 4. The second-order valence-electron chi connectivity index (χ2n) is 5.47. The first-order chi connectivity index (χ1) is 9.74. The van der Waals surface area contributed by atoms with Gasteiger partial charge in [-0.3, -0.25) is 15.5 Å². The number of amidine groups is 1. The molecule has 0 fully saturated rings. The van der Waals surface area contributed by atoms with E-state index in [1.807, 2.05) is 13.8 Å². The smallest absolute Gasteiger partial charge is 0.305 e. The molecule has 1 aromatic carbocycles. The summed E-state index contributed by atoms with van der Waals surface area (Å²) in [5, 5.41) is 17.9. The van der Waals surface area contributed by atoms with Crippen molar-refractivity contribution in [2.24, 2.45) is 11.1 Å². The van der Waals surface area contributed by atoms with Crippen molar-refractivity contribution >= 4 is 11.5 Å². The Labute approximate surface area is 122 Å². The highest BCUT2D eigenvalue weighted by molar-refractivity contribution is 5.82. The van der Waals surface area contributed by atoms with Crippen molar-refractivity contribution in [3.05, 3.63) is 34.1 Å². The third kappa shape index (κ3) is 5.02. The van der Waals surface area contributed by atoms with Crippen LogP contribution in [0.15, 0.2) is 18.2 Å². The maximum absolute atomic E-state index is 13.4. The molecule has 6 nitrogen and oxygen atoms in total.